The van der Waals surface area contributed by atoms with Gasteiger partial charge in [-0.15, -0.1) is 0 Å². The zero-order chi connectivity index (χ0) is 51.2. The van der Waals surface area contributed by atoms with Crippen LogP contribution in [0.5, 0.6) is 11.8 Å². The van der Waals surface area contributed by atoms with Crippen molar-refractivity contribution in [1.82, 2.24) is 39.0 Å². The van der Waals surface area contributed by atoms with Gasteiger partial charge in [-0.05, 0) is 86.2 Å². The molecule has 6 heterocycles. The summed E-state index contributed by atoms with van der Waals surface area (Å²) in [6, 6.07) is 21.8. The molecule has 0 unspecified atom stereocenters. The lowest BCUT2D eigenvalue weighted by Crippen LogP contribution is -2.29. The molecular weight excluding hydrogens is 939 g/mol. The Labute approximate surface area is 418 Å². The van der Waals surface area contributed by atoms with Gasteiger partial charge in [-0.2, -0.15) is 0 Å². The number of ether oxygens (including phenoxy) is 2. The highest BCUT2D eigenvalue weighted by Gasteiger charge is 2.31. The largest absolute Gasteiger partial charge is 0.490 e. The zero-order valence-corrected chi connectivity index (χ0v) is 40.2. The normalized spacial score (nSPS) is 13.5. The summed E-state index contributed by atoms with van der Waals surface area (Å²) < 4.78 is 13.6. The molecule has 2 saturated carbocycles. The molecule has 10 rings (SSSR count). The molecular formula is C50H48BClN14O6. The summed E-state index contributed by atoms with van der Waals surface area (Å²) in [6.45, 7) is 18.6. The second kappa shape index (κ2) is 21.6. The number of benzene rings is 2. The molecule has 0 saturated heterocycles. The minimum absolute atomic E-state index is 0.0392. The lowest BCUT2D eigenvalue weighted by Gasteiger charge is -2.22. The number of aromatic nitrogens is 8. The Morgan fingerprint density at radius 3 is 1.62 bits per heavy atom. The summed E-state index contributed by atoms with van der Waals surface area (Å²) in [4.78, 5) is 58.1. The molecule has 8 N–H and O–H groups in total. The Hall–Kier alpha value is -8.63. The number of methoxy groups -OCH3 is 2. The Balaban J connectivity index is 0.000000162. The first-order chi connectivity index (χ1) is 34.7. The molecule has 0 bridgehead atoms. The second-order valence-electron chi connectivity index (χ2n) is 16.9. The van der Waals surface area contributed by atoms with Gasteiger partial charge in [0.05, 0.1) is 55.2 Å². The Bertz CT molecular complexity index is 3500. The van der Waals surface area contributed by atoms with Crippen LogP contribution in [0.1, 0.15) is 75.1 Å². The number of hydrogen-bond donors (Lipinski definition) is 6. The number of anilines is 4. The SMILES string of the molecule is COc1ccc(B(O)O)cn1.[C-]#[N+]c1cnc(N)nc1N[C@@H](C)c1cc2cccc(-c3ccc(OC)nc3)c2c(=O)n1C1CC1.[C-]#[N+]c1cnc(N)nc1N[C@@H](C)c1cc2cccc(Cl)c2c(=O)n1C1CC1. The summed E-state index contributed by atoms with van der Waals surface area (Å²) in [5.41, 5.74) is 15.5. The molecule has 2 fully saturated rings. The van der Waals surface area contributed by atoms with E-state index in [0.29, 0.717) is 44.7 Å². The Morgan fingerprint density at radius 1 is 0.694 bits per heavy atom. The third-order valence-corrected chi connectivity index (χ3v) is 12.2. The van der Waals surface area contributed by atoms with E-state index in [4.69, 9.17) is 55.7 Å². The van der Waals surface area contributed by atoms with E-state index in [9.17, 15) is 9.59 Å². The quantitative estimate of drug-likeness (QED) is 0.0516. The van der Waals surface area contributed by atoms with Crippen LogP contribution in [-0.2, 0) is 0 Å². The molecule has 20 nitrogen and oxygen atoms in total. The smallest absolute Gasteiger partial charge is 0.481 e. The van der Waals surface area contributed by atoms with Crippen molar-refractivity contribution in [2.45, 2.75) is 63.7 Å². The average Bonchev–Trinajstić information content (AvgIpc) is 4.34. The number of hydrogen-bond acceptors (Lipinski definition) is 16. The van der Waals surface area contributed by atoms with Gasteiger partial charge in [0, 0.05) is 65.4 Å². The molecule has 2 aromatic carbocycles. The van der Waals surface area contributed by atoms with Crippen LogP contribution >= 0.6 is 11.6 Å². The number of nitrogens with one attached hydrogen (secondary N) is 2. The van der Waals surface area contributed by atoms with Crippen LogP contribution in [0.4, 0.5) is 34.9 Å². The molecule has 6 aromatic heterocycles. The van der Waals surface area contributed by atoms with E-state index in [1.807, 2.05) is 71.5 Å². The monoisotopic (exact) mass is 986 g/mol. The predicted molar refractivity (Wildman–Crippen MR) is 278 cm³/mol. The lowest BCUT2D eigenvalue weighted by atomic mass is 9.82. The van der Waals surface area contributed by atoms with E-state index in [2.05, 4.69) is 50.2 Å². The van der Waals surface area contributed by atoms with E-state index >= 15 is 0 Å². The molecule has 2 aliphatic carbocycles. The van der Waals surface area contributed by atoms with E-state index in [-0.39, 0.29) is 58.6 Å². The molecule has 2 atom stereocenters. The number of rotatable bonds is 12. The second-order valence-corrected chi connectivity index (χ2v) is 17.3. The fraction of sp³-hybridized carbons (Fsp3) is 0.240. The fourth-order valence-corrected chi connectivity index (χ4v) is 8.38. The first-order valence-corrected chi connectivity index (χ1v) is 23.0. The molecule has 0 aliphatic heterocycles. The summed E-state index contributed by atoms with van der Waals surface area (Å²) >= 11 is 6.29. The zero-order valence-electron chi connectivity index (χ0n) is 39.5. The third kappa shape index (κ3) is 10.9. The molecule has 0 spiro atoms. The highest BCUT2D eigenvalue weighted by atomic mass is 35.5. The van der Waals surface area contributed by atoms with Crippen molar-refractivity contribution in [2.75, 3.05) is 36.3 Å². The van der Waals surface area contributed by atoms with Crippen LogP contribution in [0.2, 0.25) is 5.02 Å². The molecule has 8 aromatic rings. The molecule has 0 radical (unpaired) electrons. The molecule has 364 valence electrons. The van der Waals surface area contributed by atoms with Gasteiger partial charge < -0.3 is 50.8 Å². The summed E-state index contributed by atoms with van der Waals surface area (Å²) in [5, 5.41) is 27.1. The third-order valence-electron chi connectivity index (χ3n) is 11.9. The first kappa shape index (κ1) is 49.8. The van der Waals surface area contributed by atoms with Gasteiger partial charge in [0.2, 0.25) is 35.0 Å². The van der Waals surface area contributed by atoms with Crippen molar-refractivity contribution in [3.8, 4) is 22.9 Å². The minimum Gasteiger partial charge on any atom is -0.481 e. The van der Waals surface area contributed by atoms with Gasteiger partial charge in [0.25, 0.3) is 11.1 Å². The van der Waals surface area contributed by atoms with Gasteiger partial charge in [-0.1, -0.05) is 48.0 Å². The van der Waals surface area contributed by atoms with Gasteiger partial charge in [-0.25, -0.2) is 39.6 Å². The molecule has 0 amide bonds. The fourth-order valence-electron chi connectivity index (χ4n) is 8.11. The van der Waals surface area contributed by atoms with Crippen LogP contribution in [0.3, 0.4) is 0 Å². The topological polar surface area (TPSA) is 265 Å². The number of nitrogen functional groups attached to an aromatic ring is 2. The van der Waals surface area contributed by atoms with Gasteiger partial charge in [-0.3, -0.25) is 9.59 Å². The maximum absolute atomic E-state index is 13.9. The Morgan fingerprint density at radius 2 is 1.18 bits per heavy atom. The van der Waals surface area contributed by atoms with Crippen molar-refractivity contribution in [2.24, 2.45) is 0 Å². The van der Waals surface area contributed by atoms with Crippen molar-refractivity contribution in [3.63, 3.8) is 0 Å². The van der Waals surface area contributed by atoms with Crippen LogP contribution in [0.25, 0.3) is 42.4 Å². The highest BCUT2D eigenvalue weighted by molar-refractivity contribution is 6.58. The van der Waals surface area contributed by atoms with E-state index in [1.54, 1.807) is 31.5 Å². The van der Waals surface area contributed by atoms with Crippen LogP contribution in [0.15, 0.2) is 107 Å². The van der Waals surface area contributed by atoms with Gasteiger partial charge >= 0.3 is 7.12 Å². The molecule has 72 heavy (non-hydrogen) atoms. The van der Waals surface area contributed by atoms with E-state index < -0.39 is 7.12 Å². The summed E-state index contributed by atoms with van der Waals surface area (Å²) in [5.74, 6) is 1.84. The number of nitrogens with zero attached hydrogens (tertiary/aromatic N) is 10. The van der Waals surface area contributed by atoms with Crippen molar-refractivity contribution in [1.29, 1.82) is 0 Å². The van der Waals surface area contributed by atoms with Crippen molar-refractivity contribution in [3.05, 3.63) is 158 Å². The van der Waals surface area contributed by atoms with Gasteiger partial charge in [0.1, 0.15) is 11.6 Å². The highest BCUT2D eigenvalue weighted by Crippen LogP contribution is 2.40. The van der Waals surface area contributed by atoms with Crippen LogP contribution in [-0.4, -0.2) is 70.4 Å². The van der Waals surface area contributed by atoms with Crippen LogP contribution in [0, 0.1) is 13.1 Å². The van der Waals surface area contributed by atoms with E-state index in [1.165, 1.54) is 31.8 Å². The lowest BCUT2D eigenvalue weighted by molar-refractivity contribution is 0.397. The number of pyridine rings is 4. The minimum atomic E-state index is -1.46. The number of halogens is 1. The maximum atomic E-state index is 13.9. The molecule has 2 aliphatic rings. The standard InChI is InChI=1S/C25H23N7O2.C19H17ClN6O.C6H8BNO3/c1-14(30-23-19(27-2)13-29-25(26)31-23)20-11-15-5-4-6-18(16-7-10-21(34-3)28-12-16)22(15)24(33)32(20)17-8-9-17;1-10(24-17-14(22-2)9-23-19(21)25-17)15-8-11-4-3-5-13(20)16(11)18(27)26(15)12-6-7-12;1-11-6-3-2-5(4-8-6)7(9)10/h4-7,10-14,17H,8-9H2,1,3H3,(H3,26,29,30,31);3-5,8-10,12H,6-7H2,1H3,(H3,21,23,24,25);2-4,9-10H,1H3/t14-;10-;/m00./s1. The summed E-state index contributed by atoms with van der Waals surface area (Å²) in [6.07, 6.45) is 9.68. The predicted octanol–water partition coefficient (Wildman–Crippen LogP) is 7.36. The van der Waals surface area contributed by atoms with Crippen molar-refractivity contribution < 1.29 is 19.5 Å². The van der Waals surface area contributed by atoms with Gasteiger partial charge in [0.15, 0.2) is 0 Å². The summed E-state index contributed by atoms with van der Waals surface area (Å²) in [7, 11) is 1.60. The first-order valence-electron chi connectivity index (χ1n) is 22.6. The maximum Gasteiger partial charge on any atom is 0.490 e. The van der Waals surface area contributed by atoms with Crippen molar-refractivity contribution >= 4 is 80.6 Å². The molecule has 22 heteroatoms. The van der Waals surface area contributed by atoms with Crippen LogP contribution < -0.4 is 48.2 Å². The Kier molecular flexibility index (Phi) is 14.9. The number of nitrogens with two attached hydrogens (primary N) is 2. The number of fused-ring (bicyclic) bond motifs is 2. The van der Waals surface area contributed by atoms with E-state index in [0.717, 1.165) is 59.0 Å². The average molecular weight is 987 g/mol.